The van der Waals surface area contributed by atoms with Gasteiger partial charge in [0.05, 0.1) is 25.2 Å². The van der Waals surface area contributed by atoms with Gasteiger partial charge in [-0.05, 0) is 26.3 Å². The Morgan fingerprint density at radius 3 is 2.67 bits per heavy atom. The lowest BCUT2D eigenvalue weighted by atomic mass is 9.92. The van der Waals surface area contributed by atoms with Crippen molar-refractivity contribution in [3.8, 4) is 17.6 Å². The van der Waals surface area contributed by atoms with Crippen molar-refractivity contribution >= 4 is 0 Å². The molecule has 1 aromatic carbocycles. The third-order valence-corrected chi connectivity index (χ3v) is 2.78. The molecule has 0 bridgehead atoms. The molecule has 0 heterocycles. The summed E-state index contributed by atoms with van der Waals surface area (Å²) < 4.78 is 10.8. The van der Waals surface area contributed by atoms with Crippen molar-refractivity contribution in [3.05, 3.63) is 23.8 Å². The van der Waals surface area contributed by atoms with E-state index in [2.05, 4.69) is 6.07 Å². The molecular formula is C14H20N2O2. The van der Waals surface area contributed by atoms with Gasteiger partial charge >= 0.3 is 0 Å². The molecule has 0 aromatic heterocycles. The van der Waals surface area contributed by atoms with Gasteiger partial charge in [-0.3, -0.25) is 0 Å². The number of ether oxygens (including phenoxy) is 2. The molecule has 1 rings (SSSR count). The lowest BCUT2D eigenvalue weighted by molar-refractivity contribution is 0.261. The SMILES string of the molecule is COc1ccc(CN)c(OCCC(C)(C)C#N)c1. The molecule has 4 nitrogen and oxygen atoms in total. The Hall–Kier alpha value is -1.73. The quantitative estimate of drug-likeness (QED) is 0.839. The van der Waals surface area contributed by atoms with Gasteiger partial charge in [0.15, 0.2) is 0 Å². The monoisotopic (exact) mass is 248 g/mol. The topological polar surface area (TPSA) is 68.3 Å². The summed E-state index contributed by atoms with van der Waals surface area (Å²) in [6, 6.07) is 7.82. The highest BCUT2D eigenvalue weighted by molar-refractivity contribution is 5.40. The van der Waals surface area contributed by atoms with Crippen LogP contribution in [-0.4, -0.2) is 13.7 Å². The van der Waals surface area contributed by atoms with Gasteiger partial charge in [0, 0.05) is 18.2 Å². The first-order valence-corrected chi connectivity index (χ1v) is 5.93. The van der Waals surface area contributed by atoms with Crippen molar-refractivity contribution in [3.63, 3.8) is 0 Å². The summed E-state index contributed by atoms with van der Waals surface area (Å²) in [6.45, 7) is 4.69. The Labute approximate surface area is 108 Å². The van der Waals surface area contributed by atoms with Crippen LogP contribution in [0, 0.1) is 16.7 Å². The normalized spacial score (nSPS) is 10.8. The van der Waals surface area contributed by atoms with Crippen molar-refractivity contribution in [2.24, 2.45) is 11.1 Å². The van der Waals surface area contributed by atoms with E-state index in [0.717, 1.165) is 17.1 Å². The Kier molecular flexibility index (Phi) is 4.99. The first-order chi connectivity index (χ1) is 8.52. The zero-order valence-electron chi connectivity index (χ0n) is 11.2. The lowest BCUT2D eigenvalue weighted by Gasteiger charge is -2.17. The molecule has 0 fully saturated rings. The minimum Gasteiger partial charge on any atom is -0.497 e. The molecule has 0 aliphatic rings. The molecule has 0 radical (unpaired) electrons. The number of hydrogen-bond acceptors (Lipinski definition) is 4. The molecular weight excluding hydrogens is 228 g/mol. The Morgan fingerprint density at radius 2 is 2.11 bits per heavy atom. The molecule has 98 valence electrons. The van der Waals surface area contributed by atoms with E-state index in [0.29, 0.717) is 19.6 Å². The molecule has 0 aliphatic carbocycles. The van der Waals surface area contributed by atoms with Gasteiger partial charge in [-0.25, -0.2) is 0 Å². The molecule has 0 saturated heterocycles. The summed E-state index contributed by atoms with van der Waals surface area (Å²) in [7, 11) is 1.61. The molecule has 0 spiro atoms. The number of nitrogens with two attached hydrogens (primary N) is 1. The van der Waals surface area contributed by atoms with E-state index < -0.39 is 0 Å². The molecule has 0 amide bonds. The maximum atomic E-state index is 8.93. The van der Waals surface area contributed by atoms with Crippen molar-refractivity contribution in [2.45, 2.75) is 26.8 Å². The fraction of sp³-hybridized carbons (Fsp3) is 0.500. The number of rotatable bonds is 6. The maximum absolute atomic E-state index is 8.93. The molecule has 4 heteroatoms. The van der Waals surface area contributed by atoms with Crippen LogP contribution < -0.4 is 15.2 Å². The zero-order valence-corrected chi connectivity index (χ0v) is 11.2. The van der Waals surface area contributed by atoms with Gasteiger partial charge in [0.2, 0.25) is 0 Å². The largest absolute Gasteiger partial charge is 0.497 e. The molecule has 0 unspecified atom stereocenters. The minimum atomic E-state index is -0.373. The second-order valence-corrected chi connectivity index (χ2v) is 4.77. The minimum absolute atomic E-state index is 0.373. The number of hydrogen-bond donors (Lipinski definition) is 1. The van der Waals surface area contributed by atoms with E-state index in [4.69, 9.17) is 20.5 Å². The third kappa shape index (κ3) is 3.94. The number of benzene rings is 1. The summed E-state index contributed by atoms with van der Waals surface area (Å²) in [5.41, 5.74) is 6.22. The summed E-state index contributed by atoms with van der Waals surface area (Å²) in [5.74, 6) is 1.47. The fourth-order valence-corrected chi connectivity index (χ4v) is 1.44. The maximum Gasteiger partial charge on any atom is 0.127 e. The predicted molar refractivity (Wildman–Crippen MR) is 70.4 cm³/mol. The van der Waals surface area contributed by atoms with E-state index in [9.17, 15) is 0 Å². The Morgan fingerprint density at radius 1 is 1.39 bits per heavy atom. The van der Waals surface area contributed by atoms with Crippen molar-refractivity contribution in [1.29, 1.82) is 5.26 Å². The van der Waals surface area contributed by atoms with Gasteiger partial charge in [-0.1, -0.05) is 6.07 Å². The summed E-state index contributed by atoms with van der Waals surface area (Å²) in [5, 5.41) is 8.93. The summed E-state index contributed by atoms with van der Waals surface area (Å²) >= 11 is 0. The number of nitriles is 1. The van der Waals surface area contributed by atoms with Crippen LogP contribution in [-0.2, 0) is 6.54 Å². The van der Waals surface area contributed by atoms with Crippen LogP contribution in [0.3, 0.4) is 0 Å². The third-order valence-electron chi connectivity index (χ3n) is 2.78. The molecule has 18 heavy (non-hydrogen) atoms. The van der Waals surface area contributed by atoms with Gasteiger partial charge in [-0.15, -0.1) is 0 Å². The highest BCUT2D eigenvalue weighted by Gasteiger charge is 2.16. The Bertz CT molecular complexity index is 436. The number of nitrogens with zero attached hydrogens (tertiary/aromatic N) is 1. The van der Waals surface area contributed by atoms with Gasteiger partial charge < -0.3 is 15.2 Å². The average molecular weight is 248 g/mol. The number of methoxy groups -OCH3 is 1. The molecule has 2 N–H and O–H groups in total. The molecule has 1 aromatic rings. The second kappa shape index (κ2) is 6.27. The van der Waals surface area contributed by atoms with E-state index in [-0.39, 0.29) is 5.41 Å². The molecule has 0 atom stereocenters. The highest BCUT2D eigenvalue weighted by atomic mass is 16.5. The second-order valence-electron chi connectivity index (χ2n) is 4.77. The summed E-state index contributed by atoms with van der Waals surface area (Å²) in [4.78, 5) is 0. The Balaban J connectivity index is 2.69. The van der Waals surface area contributed by atoms with E-state index in [1.165, 1.54) is 0 Å². The first-order valence-electron chi connectivity index (χ1n) is 5.93. The van der Waals surface area contributed by atoms with Crippen molar-refractivity contribution in [1.82, 2.24) is 0 Å². The van der Waals surface area contributed by atoms with Crippen LogP contribution >= 0.6 is 0 Å². The van der Waals surface area contributed by atoms with Gasteiger partial charge in [0.1, 0.15) is 11.5 Å². The standard InChI is InChI=1S/C14H20N2O2/c1-14(2,10-16)6-7-18-13-8-12(17-3)5-4-11(13)9-15/h4-5,8H,6-7,9,15H2,1-3H3. The van der Waals surface area contributed by atoms with E-state index in [1.807, 2.05) is 32.0 Å². The van der Waals surface area contributed by atoms with Crippen molar-refractivity contribution < 1.29 is 9.47 Å². The van der Waals surface area contributed by atoms with Gasteiger partial charge in [0.25, 0.3) is 0 Å². The van der Waals surface area contributed by atoms with Gasteiger partial charge in [-0.2, -0.15) is 5.26 Å². The molecule has 0 saturated carbocycles. The fourth-order valence-electron chi connectivity index (χ4n) is 1.44. The van der Waals surface area contributed by atoms with Crippen molar-refractivity contribution in [2.75, 3.05) is 13.7 Å². The van der Waals surface area contributed by atoms with Crippen LogP contribution in [0.5, 0.6) is 11.5 Å². The zero-order chi connectivity index (χ0) is 13.6. The predicted octanol–water partition coefficient (Wildman–Crippen LogP) is 2.47. The first kappa shape index (κ1) is 14.3. The van der Waals surface area contributed by atoms with Crippen LogP contribution in [0.25, 0.3) is 0 Å². The van der Waals surface area contributed by atoms with E-state index >= 15 is 0 Å². The smallest absolute Gasteiger partial charge is 0.127 e. The summed E-state index contributed by atoms with van der Waals surface area (Å²) in [6.07, 6.45) is 0.671. The van der Waals surface area contributed by atoms with E-state index in [1.54, 1.807) is 7.11 Å². The highest BCUT2D eigenvalue weighted by Crippen LogP contribution is 2.26. The van der Waals surface area contributed by atoms with Crippen LogP contribution in [0.2, 0.25) is 0 Å². The molecule has 0 aliphatic heterocycles. The van der Waals surface area contributed by atoms with Crippen LogP contribution in [0.1, 0.15) is 25.8 Å². The average Bonchev–Trinajstić information content (AvgIpc) is 2.38. The lowest BCUT2D eigenvalue weighted by Crippen LogP contribution is -2.14. The van der Waals surface area contributed by atoms with Crippen LogP contribution in [0.15, 0.2) is 18.2 Å². The van der Waals surface area contributed by atoms with Crippen LogP contribution in [0.4, 0.5) is 0 Å².